The van der Waals surface area contributed by atoms with E-state index < -0.39 is 10.0 Å². The van der Waals surface area contributed by atoms with Crippen LogP contribution in [0.25, 0.3) is 0 Å². The Bertz CT molecular complexity index is 1090. The van der Waals surface area contributed by atoms with Crippen LogP contribution in [-0.2, 0) is 16.6 Å². The molecule has 0 saturated carbocycles. The van der Waals surface area contributed by atoms with Gasteiger partial charge in [0.1, 0.15) is 0 Å². The highest BCUT2D eigenvalue weighted by molar-refractivity contribution is 7.92. The molecule has 0 atom stereocenters. The molecule has 6 heteroatoms. The van der Waals surface area contributed by atoms with Crippen LogP contribution in [0.5, 0.6) is 0 Å². The number of pyridine rings is 1. The first-order valence-corrected chi connectivity index (χ1v) is 12.2. The van der Waals surface area contributed by atoms with Gasteiger partial charge < -0.3 is 0 Å². The van der Waals surface area contributed by atoms with Crippen molar-refractivity contribution in [2.45, 2.75) is 44.2 Å². The smallest absolute Gasteiger partial charge is 0.264 e. The van der Waals surface area contributed by atoms with E-state index in [1.807, 2.05) is 62.5 Å². The molecule has 1 aliphatic heterocycles. The van der Waals surface area contributed by atoms with Gasteiger partial charge in [0.2, 0.25) is 0 Å². The van der Waals surface area contributed by atoms with Crippen LogP contribution in [0.15, 0.2) is 78.0 Å². The lowest BCUT2D eigenvalue weighted by Gasteiger charge is -2.39. The van der Waals surface area contributed by atoms with E-state index in [0.717, 1.165) is 49.3 Å². The quantitative estimate of drug-likeness (QED) is 0.570. The predicted octanol–water partition coefficient (Wildman–Crippen LogP) is 4.56. The van der Waals surface area contributed by atoms with Gasteiger partial charge in [0.25, 0.3) is 10.0 Å². The van der Waals surface area contributed by atoms with E-state index in [1.165, 1.54) is 5.56 Å². The monoisotopic (exact) mass is 435 g/mol. The molecule has 4 rings (SSSR count). The Balaban J connectivity index is 1.58. The summed E-state index contributed by atoms with van der Waals surface area (Å²) in [5.74, 6) is 0. The third kappa shape index (κ3) is 4.97. The number of rotatable bonds is 6. The standard InChI is InChI=1S/C25H29N3O2S/c1-20-5-9-23(10-6-20)28(31(29,30)25-11-7-21(2)8-12-25)24-13-16-27(17-14-24)19-22-4-3-15-26-18-22/h3-12,15,18,24H,13-14,16-17,19H2,1-2H3. The van der Waals surface area contributed by atoms with E-state index in [2.05, 4.69) is 16.0 Å². The van der Waals surface area contributed by atoms with Gasteiger partial charge >= 0.3 is 0 Å². The summed E-state index contributed by atoms with van der Waals surface area (Å²) in [4.78, 5) is 6.92. The molecule has 0 radical (unpaired) electrons. The number of aryl methyl sites for hydroxylation is 2. The molecule has 1 saturated heterocycles. The summed E-state index contributed by atoms with van der Waals surface area (Å²) in [5, 5.41) is 0. The van der Waals surface area contributed by atoms with Crippen molar-refractivity contribution in [1.29, 1.82) is 0 Å². The first kappa shape index (κ1) is 21.5. The second kappa shape index (κ2) is 9.20. The molecule has 2 aromatic carbocycles. The molecule has 1 aromatic heterocycles. The Hall–Kier alpha value is -2.70. The van der Waals surface area contributed by atoms with Gasteiger partial charge in [0.05, 0.1) is 10.6 Å². The number of piperidine rings is 1. The van der Waals surface area contributed by atoms with Crippen LogP contribution in [0, 0.1) is 13.8 Å². The molecule has 0 N–H and O–H groups in total. The Morgan fingerprint density at radius 1 is 0.935 bits per heavy atom. The fourth-order valence-corrected chi connectivity index (χ4v) is 5.83. The van der Waals surface area contributed by atoms with E-state index >= 15 is 0 Å². The Morgan fingerprint density at radius 2 is 1.55 bits per heavy atom. The van der Waals surface area contributed by atoms with Crippen molar-refractivity contribution in [3.63, 3.8) is 0 Å². The first-order chi connectivity index (χ1) is 14.9. The average molecular weight is 436 g/mol. The molecule has 0 bridgehead atoms. The fraction of sp³-hybridized carbons (Fsp3) is 0.320. The maximum absolute atomic E-state index is 13.7. The highest BCUT2D eigenvalue weighted by Crippen LogP contribution is 2.31. The van der Waals surface area contributed by atoms with Crippen LogP contribution >= 0.6 is 0 Å². The normalized spacial score (nSPS) is 15.7. The van der Waals surface area contributed by atoms with E-state index in [4.69, 9.17) is 0 Å². The summed E-state index contributed by atoms with van der Waals surface area (Å²) >= 11 is 0. The lowest BCUT2D eigenvalue weighted by molar-refractivity contribution is 0.206. The summed E-state index contributed by atoms with van der Waals surface area (Å²) in [6.07, 6.45) is 5.26. The van der Waals surface area contributed by atoms with Gasteiger partial charge in [0, 0.05) is 38.1 Å². The van der Waals surface area contributed by atoms with Gasteiger partial charge in [0.15, 0.2) is 0 Å². The van der Waals surface area contributed by atoms with Gasteiger partial charge in [-0.05, 0) is 62.6 Å². The minimum atomic E-state index is -3.65. The van der Waals surface area contributed by atoms with Crippen molar-refractivity contribution in [2.75, 3.05) is 17.4 Å². The van der Waals surface area contributed by atoms with Crippen LogP contribution in [0.3, 0.4) is 0 Å². The highest BCUT2D eigenvalue weighted by Gasteiger charge is 2.34. The van der Waals surface area contributed by atoms with Crippen LogP contribution < -0.4 is 4.31 Å². The second-order valence-corrected chi connectivity index (χ2v) is 10.1. The summed E-state index contributed by atoms with van der Waals surface area (Å²) in [5.41, 5.74) is 4.08. The Labute approximate surface area is 185 Å². The molecule has 3 aromatic rings. The Morgan fingerprint density at radius 3 is 2.13 bits per heavy atom. The van der Waals surface area contributed by atoms with Crippen molar-refractivity contribution in [3.05, 3.63) is 89.7 Å². The molecule has 162 valence electrons. The van der Waals surface area contributed by atoms with Crippen LogP contribution in [-0.4, -0.2) is 37.4 Å². The number of likely N-dealkylation sites (tertiary alicyclic amines) is 1. The van der Waals surface area contributed by atoms with Crippen LogP contribution in [0.4, 0.5) is 5.69 Å². The van der Waals surface area contributed by atoms with Crippen molar-refractivity contribution < 1.29 is 8.42 Å². The maximum atomic E-state index is 13.7. The largest absolute Gasteiger partial charge is 0.299 e. The average Bonchev–Trinajstić information content (AvgIpc) is 2.77. The molecule has 0 aliphatic carbocycles. The summed E-state index contributed by atoms with van der Waals surface area (Å²) < 4.78 is 29.1. The zero-order chi connectivity index (χ0) is 21.8. The molecular formula is C25H29N3O2S. The van der Waals surface area contributed by atoms with E-state index in [9.17, 15) is 8.42 Å². The Kier molecular flexibility index (Phi) is 6.39. The molecule has 31 heavy (non-hydrogen) atoms. The van der Waals surface area contributed by atoms with Crippen molar-refractivity contribution in [2.24, 2.45) is 0 Å². The van der Waals surface area contributed by atoms with Crippen molar-refractivity contribution >= 4 is 15.7 Å². The van der Waals surface area contributed by atoms with E-state index in [1.54, 1.807) is 22.6 Å². The zero-order valence-corrected chi connectivity index (χ0v) is 18.9. The van der Waals surface area contributed by atoms with Gasteiger partial charge in [-0.15, -0.1) is 0 Å². The lowest BCUT2D eigenvalue weighted by atomic mass is 10.0. The number of anilines is 1. The third-order valence-corrected chi connectivity index (χ3v) is 7.78. The first-order valence-electron chi connectivity index (χ1n) is 10.7. The lowest BCUT2D eigenvalue weighted by Crippen LogP contribution is -2.47. The molecule has 5 nitrogen and oxygen atoms in total. The minimum Gasteiger partial charge on any atom is -0.299 e. The fourth-order valence-electron chi connectivity index (χ4n) is 4.12. The summed E-state index contributed by atoms with van der Waals surface area (Å²) in [6, 6.07) is 18.9. The van der Waals surface area contributed by atoms with Gasteiger partial charge in [-0.2, -0.15) is 0 Å². The van der Waals surface area contributed by atoms with Gasteiger partial charge in [-0.25, -0.2) is 8.42 Å². The van der Waals surface area contributed by atoms with E-state index in [0.29, 0.717) is 4.90 Å². The van der Waals surface area contributed by atoms with Gasteiger partial charge in [-0.3, -0.25) is 14.2 Å². The molecule has 0 amide bonds. The number of hydrogen-bond acceptors (Lipinski definition) is 4. The number of hydrogen-bond donors (Lipinski definition) is 0. The minimum absolute atomic E-state index is 0.0702. The maximum Gasteiger partial charge on any atom is 0.264 e. The molecule has 0 spiro atoms. The SMILES string of the molecule is Cc1ccc(N(C2CCN(Cc3cccnc3)CC2)S(=O)(=O)c2ccc(C)cc2)cc1. The van der Waals surface area contributed by atoms with Gasteiger partial charge in [-0.1, -0.05) is 41.5 Å². The topological polar surface area (TPSA) is 53.5 Å². The number of nitrogens with zero attached hydrogens (tertiary/aromatic N) is 3. The summed E-state index contributed by atoms with van der Waals surface area (Å²) in [6.45, 7) is 6.53. The van der Waals surface area contributed by atoms with Crippen molar-refractivity contribution in [1.82, 2.24) is 9.88 Å². The van der Waals surface area contributed by atoms with Crippen molar-refractivity contribution in [3.8, 4) is 0 Å². The summed E-state index contributed by atoms with van der Waals surface area (Å²) in [7, 11) is -3.65. The number of benzene rings is 2. The van der Waals surface area contributed by atoms with Crippen LogP contribution in [0.2, 0.25) is 0 Å². The second-order valence-electron chi connectivity index (χ2n) is 8.32. The molecular weight excluding hydrogens is 406 g/mol. The van der Waals surface area contributed by atoms with E-state index in [-0.39, 0.29) is 6.04 Å². The molecule has 2 heterocycles. The van der Waals surface area contributed by atoms with Crippen LogP contribution in [0.1, 0.15) is 29.5 Å². The number of aromatic nitrogens is 1. The zero-order valence-electron chi connectivity index (χ0n) is 18.1. The molecule has 1 fully saturated rings. The highest BCUT2D eigenvalue weighted by atomic mass is 32.2. The predicted molar refractivity (Wildman–Crippen MR) is 125 cm³/mol. The molecule has 0 unspecified atom stereocenters. The third-order valence-electron chi connectivity index (χ3n) is 5.88. The molecule has 1 aliphatic rings. The number of sulfonamides is 1.